The molecule has 3 aromatic heterocycles. The first kappa shape index (κ1) is 16.9. The van der Waals surface area contributed by atoms with Crippen LogP contribution >= 0.6 is 0 Å². The van der Waals surface area contributed by atoms with Crippen molar-refractivity contribution in [2.45, 2.75) is 39.2 Å². The molecular formula is C22H21N5O. The number of H-pyrrole nitrogens is 1. The number of benzene rings is 1. The molecule has 0 bridgehead atoms. The summed E-state index contributed by atoms with van der Waals surface area (Å²) in [6, 6.07) is 9.83. The minimum absolute atomic E-state index is 0.0106. The van der Waals surface area contributed by atoms with Crippen LogP contribution in [0.25, 0.3) is 22.0 Å². The Labute approximate surface area is 162 Å². The number of hydrogen-bond donors (Lipinski definition) is 1. The summed E-state index contributed by atoms with van der Waals surface area (Å²) >= 11 is 0. The van der Waals surface area contributed by atoms with E-state index in [0.717, 1.165) is 52.3 Å². The van der Waals surface area contributed by atoms with Gasteiger partial charge in [0.25, 0.3) is 5.56 Å². The lowest BCUT2D eigenvalue weighted by molar-refractivity contribution is 0.679. The number of aromatic nitrogens is 5. The van der Waals surface area contributed by atoms with Gasteiger partial charge in [0.1, 0.15) is 5.82 Å². The van der Waals surface area contributed by atoms with Crippen LogP contribution in [-0.2, 0) is 6.54 Å². The average molecular weight is 371 g/mol. The van der Waals surface area contributed by atoms with Crippen molar-refractivity contribution in [1.29, 1.82) is 0 Å². The van der Waals surface area contributed by atoms with Gasteiger partial charge >= 0.3 is 0 Å². The fraction of sp³-hybridized carbons (Fsp3) is 0.273. The van der Waals surface area contributed by atoms with Gasteiger partial charge in [-0.05, 0) is 56.0 Å². The van der Waals surface area contributed by atoms with Gasteiger partial charge in [-0.15, -0.1) is 0 Å². The Morgan fingerprint density at radius 2 is 2.07 bits per heavy atom. The van der Waals surface area contributed by atoms with Gasteiger partial charge < -0.3 is 0 Å². The number of rotatable bonds is 4. The third-order valence-corrected chi connectivity index (χ3v) is 5.41. The predicted octanol–water partition coefficient (Wildman–Crippen LogP) is 3.72. The van der Waals surface area contributed by atoms with Crippen LogP contribution in [0.5, 0.6) is 0 Å². The maximum absolute atomic E-state index is 13.5. The number of fused-ring (bicyclic) bond motifs is 1. The first-order valence-corrected chi connectivity index (χ1v) is 9.57. The summed E-state index contributed by atoms with van der Waals surface area (Å²) in [6.45, 7) is 4.46. The number of nitrogens with one attached hydrogen (secondary N) is 1. The van der Waals surface area contributed by atoms with Gasteiger partial charge in [0, 0.05) is 29.6 Å². The Morgan fingerprint density at radius 3 is 2.75 bits per heavy atom. The van der Waals surface area contributed by atoms with Crippen LogP contribution in [0, 0.1) is 13.8 Å². The highest BCUT2D eigenvalue weighted by molar-refractivity contribution is 5.85. The average Bonchev–Trinajstić information content (AvgIpc) is 3.49. The summed E-state index contributed by atoms with van der Waals surface area (Å²) in [5, 5.41) is 7.95. The summed E-state index contributed by atoms with van der Waals surface area (Å²) < 4.78 is 1.83. The summed E-state index contributed by atoms with van der Waals surface area (Å²) in [7, 11) is 0. The molecule has 28 heavy (non-hydrogen) atoms. The van der Waals surface area contributed by atoms with E-state index in [4.69, 9.17) is 4.98 Å². The maximum Gasteiger partial charge on any atom is 0.261 e. The van der Waals surface area contributed by atoms with Crippen LogP contribution in [0.2, 0.25) is 0 Å². The molecule has 0 atom stereocenters. The van der Waals surface area contributed by atoms with Gasteiger partial charge in [-0.25, -0.2) is 4.98 Å². The standard InChI is InChI=1S/C22H21N5O/c1-13-20(14(2)26-25-13)17-7-8-19-18(10-17)22(28)27(21(24-19)16-5-6-16)12-15-4-3-9-23-11-15/h3-4,7-11,16H,5-6,12H2,1-2H3,(H,25,26). The van der Waals surface area contributed by atoms with E-state index in [1.54, 1.807) is 6.20 Å². The van der Waals surface area contributed by atoms with Crippen LogP contribution in [0.15, 0.2) is 47.5 Å². The molecule has 140 valence electrons. The fourth-order valence-corrected chi connectivity index (χ4v) is 3.85. The highest BCUT2D eigenvalue weighted by Crippen LogP contribution is 2.39. The van der Waals surface area contributed by atoms with E-state index in [2.05, 4.69) is 15.2 Å². The molecule has 0 saturated heterocycles. The molecule has 1 aliphatic carbocycles. The minimum atomic E-state index is 0.0106. The number of aryl methyl sites for hydroxylation is 2. The summed E-state index contributed by atoms with van der Waals surface area (Å²) in [5.74, 6) is 1.27. The van der Waals surface area contributed by atoms with Gasteiger partial charge in [0.15, 0.2) is 0 Å². The number of nitrogens with zero attached hydrogens (tertiary/aromatic N) is 4. The zero-order valence-corrected chi connectivity index (χ0v) is 15.9. The molecule has 1 N–H and O–H groups in total. The third-order valence-electron chi connectivity index (χ3n) is 5.41. The van der Waals surface area contributed by atoms with Crippen LogP contribution < -0.4 is 5.56 Å². The van der Waals surface area contributed by atoms with Crippen molar-refractivity contribution >= 4 is 10.9 Å². The van der Waals surface area contributed by atoms with E-state index < -0.39 is 0 Å². The number of aromatic amines is 1. The highest BCUT2D eigenvalue weighted by Gasteiger charge is 2.29. The molecule has 6 nitrogen and oxygen atoms in total. The largest absolute Gasteiger partial charge is 0.291 e. The summed E-state index contributed by atoms with van der Waals surface area (Å²) in [6.07, 6.45) is 5.74. The van der Waals surface area contributed by atoms with E-state index in [1.165, 1.54) is 0 Å². The maximum atomic E-state index is 13.5. The van der Waals surface area contributed by atoms with Crippen molar-refractivity contribution in [3.05, 3.63) is 75.9 Å². The second-order valence-corrected chi connectivity index (χ2v) is 7.54. The van der Waals surface area contributed by atoms with E-state index in [-0.39, 0.29) is 5.56 Å². The Morgan fingerprint density at radius 1 is 1.21 bits per heavy atom. The quantitative estimate of drug-likeness (QED) is 0.593. The lowest BCUT2D eigenvalue weighted by Gasteiger charge is -2.14. The van der Waals surface area contributed by atoms with Gasteiger partial charge in [0.2, 0.25) is 0 Å². The summed E-state index contributed by atoms with van der Waals surface area (Å²) in [4.78, 5) is 22.5. The van der Waals surface area contributed by atoms with Crippen LogP contribution in [0.4, 0.5) is 0 Å². The molecule has 4 aromatic rings. The molecule has 0 amide bonds. The van der Waals surface area contributed by atoms with Crippen molar-refractivity contribution in [3.8, 4) is 11.1 Å². The molecular weight excluding hydrogens is 350 g/mol. The first-order chi connectivity index (χ1) is 13.6. The number of pyridine rings is 1. The molecule has 5 rings (SSSR count). The smallest absolute Gasteiger partial charge is 0.261 e. The molecule has 1 saturated carbocycles. The van der Waals surface area contributed by atoms with Crippen LogP contribution in [-0.4, -0.2) is 24.7 Å². The molecule has 3 heterocycles. The van der Waals surface area contributed by atoms with Crippen molar-refractivity contribution < 1.29 is 0 Å². The normalized spacial score (nSPS) is 13.9. The number of hydrogen-bond acceptors (Lipinski definition) is 4. The van der Waals surface area contributed by atoms with E-state index in [9.17, 15) is 4.79 Å². The molecule has 1 aliphatic rings. The molecule has 0 radical (unpaired) electrons. The monoisotopic (exact) mass is 371 g/mol. The second-order valence-electron chi connectivity index (χ2n) is 7.54. The van der Waals surface area contributed by atoms with E-state index >= 15 is 0 Å². The van der Waals surface area contributed by atoms with Crippen molar-refractivity contribution in [1.82, 2.24) is 24.7 Å². The van der Waals surface area contributed by atoms with Gasteiger partial charge in [-0.1, -0.05) is 12.1 Å². The Bertz CT molecular complexity index is 1220. The Balaban J connectivity index is 1.70. The molecule has 0 spiro atoms. The minimum Gasteiger partial charge on any atom is -0.291 e. The molecule has 1 fully saturated rings. The zero-order valence-electron chi connectivity index (χ0n) is 15.9. The van der Waals surface area contributed by atoms with Crippen LogP contribution in [0.3, 0.4) is 0 Å². The lowest BCUT2D eigenvalue weighted by Crippen LogP contribution is -2.25. The SMILES string of the molecule is Cc1n[nH]c(C)c1-c1ccc2nc(C3CC3)n(Cc3cccnc3)c(=O)c2c1. The van der Waals surface area contributed by atoms with Gasteiger partial charge in [0.05, 0.1) is 23.1 Å². The molecule has 0 aliphatic heterocycles. The topological polar surface area (TPSA) is 76.5 Å². The van der Waals surface area contributed by atoms with E-state index in [0.29, 0.717) is 17.8 Å². The predicted molar refractivity (Wildman–Crippen MR) is 108 cm³/mol. The third kappa shape index (κ3) is 2.81. The molecule has 6 heteroatoms. The molecule has 1 aromatic carbocycles. The molecule has 0 unspecified atom stereocenters. The Hall–Kier alpha value is -3.28. The van der Waals surface area contributed by atoms with Crippen molar-refractivity contribution in [2.75, 3.05) is 0 Å². The van der Waals surface area contributed by atoms with Crippen molar-refractivity contribution in [2.24, 2.45) is 0 Å². The van der Waals surface area contributed by atoms with Crippen LogP contribution in [0.1, 0.15) is 41.5 Å². The lowest BCUT2D eigenvalue weighted by atomic mass is 10.0. The second kappa shape index (κ2) is 6.41. The van der Waals surface area contributed by atoms with Gasteiger partial charge in [-0.2, -0.15) is 5.10 Å². The zero-order chi connectivity index (χ0) is 19.3. The summed E-state index contributed by atoms with van der Waals surface area (Å²) in [5.41, 5.74) is 5.73. The highest BCUT2D eigenvalue weighted by atomic mass is 16.1. The van der Waals surface area contributed by atoms with Gasteiger partial charge in [-0.3, -0.25) is 19.4 Å². The fourth-order valence-electron chi connectivity index (χ4n) is 3.85. The first-order valence-electron chi connectivity index (χ1n) is 9.57. The Kier molecular flexibility index (Phi) is 3.86. The van der Waals surface area contributed by atoms with Crippen molar-refractivity contribution in [3.63, 3.8) is 0 Å². The van der Waals surface area contributed by atoms with E-state index in [1.807, 2.05) is 54.9 Å².